The van der Waals surface area contributed by atoms with Crippen molar-refractivity contribution in [3.8, 4) is 0 Å². The lowest BCUT2D eigenvalue weighted by molar-refractivity contribution is -0.143. The molecule has 1 aromatic rings. The van der Waals surface area contributed by atoms with Crippen molar-refractivity contribution >= 4 is 27.8 Å². The number of hydrogen-bond acceptors (Lipinski definition) is 3. The molecule has 2 atom stereocenters. The average molecular weight is 330 g/mol. The highest BCUT2D eigenvalue weighted by molar-refractivity contribution is 9.10. The zero-order valence-corrected chi connectivity index (χ0v) is 12.1. The molecule has 6 heteroatoms. The van der Waals surface area contributed by atoms with E-state index >= 15 is 0 Å². The van der Waals surface area contributed by atoms with Gasteiger partial charge in [0, 0.05) is 10.9 Å². The van der Waals surface area contributed by atoms with Crippen LogP contribution in [0.25, 0.3) is 0 Å². The SMILES string of the molecule is CC(CC(=O)NC(CO)C(=O)O)c1ccc(Br)cc1. The molecule has 1 aromatic carbocycles. The first kappa shape index (κ1) is 15.7. The minimum Gasteiger partial charge on any atom is -0.480 e. The summed E-state index contributed by atoms with van der Waals surface area (Å²) in [5, 5.41) is 19.8. The van der Waals surface area contributed by atoms with E-state index in [9.17, 15) is 9.59 Å². The Balaban J connectivity index is 2.56. The Morgan fingerprint density at radius 3 is 2.37 bits per heavy atom. The smallest absolute Gasteiger partial charge is 0.328 e. The number of nitrogens with one attached hydrogen (secondary N) is 1. The molecule has 104 valence electrons. The van der Waals surface area contributed by atoms with E-state index in [4.69, 9.17) is 10.2 Å². The number of aliphatic carboxylic acids is 1. The van der Waals surface area contributed by atoms with Crippen LogP contribution in [0.4, 0.5) is 0 Å². The third-order valence-electron chi connectivity index (χ3n) is 2.75. The Bertz CT molecular complexity index is 446. The molecule has 0 saturated carbocycles. The Hall–Kier alpha value is -1.40. The summed E-state index contributed by atoms with van der Waals surface area (Å²) in [5.74, 6) is -1.66. The molecule has 0 aromatic heterocycles. The first-order chi connectivity index (χ1) is 8.93. The van der Waals surface area contributed by atoms with Crippen molar-refractivity contribution in [3.63, 3.8) is 0 Å². The van der Waals surface area contributed by atoms with Gasteiger partial charge in [-0.15, -0.1) is 0 Å². The molecule has 0 saturated heterocycles. The average Bonchev–Trinajstić information content (AvgIpc) is 2.36. The van der Waals surface area contributed by atoms with E-state index in [1.165, 1.54) is 0 Å². The Kier molecular flexibility index (Phi) is 5.98. The summed E-state index contributed by atoms with van der Waals surface area (Å²) in [7, 11) is 0. The third kappa shape index (κ3) is 5.00. The molecule has 5 nitrogen and oxygen atoms in total. The largest absolute Gasteiger partial charge is 0.480 e. The number of carboxylic acid groups (broad SMARTS) is 1. The van der Waals surface area contributed by atoms with Gasteiger partial charge in [-0.25, -0.2) is 4.79 Å². The maximum absolute atomic E-state index is 11.7. The van der Waals surface area contributed by atoms with Crippen molar-refractivity contribution in [1.29, 1.82) is 0 Å². The number of benzene rings is 1. The van der Waals surface area contributed by atoms with Gasteiger partial charge in [-0.2, -0.15) is 0 Å². The van der Waals surface area contributed by atoms with Crippen molar-refractivity contribution in [2.75, 3.05) is 6.61 Å². The second-order valence-electron chi connectivity index (χ2n) is 4.30. The van der Waals surface area contributed by atoms with Crippen molar-refractivity contribution < 1.29 is 19.8 Å². The summed E-state index contributed by atoms with van der Waals surface area (Å²) < 4.78 is 0.958. The molecule has 2 unspecified atom stereocenters. The van der Waals surface area contributed by atoms with Crippen molar-refractivity contribution in [2.45, 2.75) is 25.3 Å². The highest BCUT2D eigenvalue weighted by Crippen LogP contribution is 2.21. The van der Waals surface area contributed by atoms with Crippen LogP contribution < -0.4 is 5.32 Å². The predicted molar refractivity (Wildman–Crippen MR) is 73.8 cm³/mol. The van der Waals surface area contributed by atoms with E-state index in [1.54, 1.807) is 0 Å². The summed E-state index contributed by atoms with van der Waals surface area (Å²) in [4.78, 5) is 22.4. The summed E-state index contributed by atoms with van der Waals surface area (Å²) in [6.45, 7) is 1.27. The second-order valence-corrected chi connectivity index (χ2v) is 5.21. The molecule has 1 amide bonds. The normalized spacial score (nSPS) is 13.6. The number of halogens is 1. The van der Waals surface area contributed by atoms with Gasteiger partial charge in [0.2, 0.25) is 5.91 Å². The summed E-state index contributed by atoms with van der Waals surface area (Å²) in [6.07, 6.45) is 0.172. The Morgan fingerprint density at radius 2 is 1.89 bits per heavy atom. The molecule has 0 aliphatic carbocycles. The molecule has 1 rings (SSSR count). The molecule has 0 fully saturated rings. The van der Waals surface area contributed by atoms with Crippen LogP contribution in [0.2, 0.25) is 0 Å². The van der Waals surface area contributed by atoms with Gasteiger partial charge < -0.3 is 15.5 Å². The van der Waals surface area contributed by atoms with Crippen LogP contribution in [0.3, 0.4) is 0 Å². The first-order valence-electron chi connectivity index (χ1n) is 5.82. The Labute approximate surface area is 119 Å². The second kappa shape index (κ2) is 7.25. The fourth-order valence-corrected chi connectivity index (χ4v) is 1.89. The van der Waals surface area contributed by atoms with Gasteiger partial charge in [0.05, 0.1) is 6.61 Å². The van der Waals surface area contributed by atoms with E-state index in [0.717, 1.165) is 10.0 Å². The van der Waals surface area contributed by atoms with Crippen LogP contribution in [0.15, 0.2) is 28.7 Å². The number of carbonyl (C=O) groups excluding carboxylic acids is 1. The van der Waals surface area contributed by atoms with Crippen molar-refractivity contribution in [1.82, 2.24) is 5.32 Å². The number of amides is 1. The van der Waals surface area contributed by atoms with E-state index in [0.29, 0.717) is 0 Å². The van der Waals surface area contributed by atoms with Crippen LogP contribution in [0, 0.1) is 0 Å². The van der Waals surface area contributed by atoms with Crippen LogP contribution in [-0.4, -0.2) is 34.7 Å². The third-order valence-corrected chi connectivity index (χ3v) is 3.28. The highest BCUT2D eigenvalue weighted by Gasteiger charge is 2.20. The van der Waals surface area contributed by atoms with Gasteiger partial charge in [-0.1, -0.05) is 35.0 Å². The maximum Gasteiger partial charge on any atom is 0.328 e. The lowest BCUT2D eigenvalue weighted by Crippen LogP contribution is -2.43. The van der Waals surface area contributed by atoms with Gasteiger partial charge in [0.1, 0.15) is 6.04 Å². The van der Waals surface area contributed by atoms with Gasteiger partial charge >= 0.3 is 5.97 Å². The highest BCUT2D eigenvalue weighted by atomic mass is 79.9. The standard InChI is InChI=1S/C13H16BrNO4/c1-8(9-2-4-10(14)5-3-9)6-12(17)15-11(7-16)13(18)19/h2-5,8,11,16H,6-7H2,1H3,(H,15,17)(H,18,19). The van der Waals surface area contributed by atoms with E-state index in [2.05, 4.69) is 21.2 Å². The lowest BCUT2D eigenvalue weighted by atomic mass is 9.97. The fraction of sp³-hybridized carbons (Fsp3) is 0.385. The molecule has 0 heterocycles. The minimum atomic E-state index is -1.25. The molecule has 3 N–H and O–H groups in total. The zero-order chi connectivity index (χ0) is 14.4. The summed E-state index contributed by atoms with van der Waals surface area (Å²) in [6, 6.07) is 6.34. The molecule has 0 spiro atoms. The van der Waals surface area contributed by atoms with E-state index in [-0.39, 0.29) is 12.3 Å². The van der Waals surface area contributed by atoms with Crippen LogP contribution in [0.1, 0.15) is 24.8 Å². The quantitative estimate of drug-likeness (QED) is 0.738. The summed E-state index contributed by atoms with van der Waals surface area (Å²) in [5.41, 5.74) is 0.995. The number of hydrogen-bond donors (Lipinski definition) is 3. The topological polar surface area (TPSA) is 86.6 Å². The predicted octanol–water partition coefficient (Wildman–Crippen LogP) is 1.50. The van der Waals surface area contributed by atoms with Gasteiger partial charge in [-0.3, -0.25) is 4.79 Å². The molecule has 19 heavy (non-hydrogen) atoms. The molecular weight excluding hydrogens is 314 g/mol. The number of aliphatic hydroxyl groups is 1. The lowest BCUT2D eigenvalue weighted by Gasteiger charge is -2.15. The van der Waals surface area contributed by atoms with E-state index in [1.807, 2.05) is 31.2 Å². The molecular formula is C13H16BrNO4. The number of carboxylic acids is 1. The van der Waals surface area contributed by atoms with Gasteiger partial charge in [0.25, 0.3) is 0 Å². The maximum atomic E-state index is 11.7. The minimum absolute atomic E-state index is 0.0266. The number of aliphatic hydroxyl groups excluding tert-OH is 1. The van der Waals surface area contributed by atoms with Crippen LogP contribution in [-0.2, 0) is 9.59 Å². The monoisotopic (exact) mass is 329 g/mol. The zero-order valence-electron chi connectivity index (χ0n) is 10.5. The van der Waals surface area contributed by atoms with Gasteiger partial charge in [-0.05, 0) is 23.6 Å². The number of rotatable bonds is 6. The Morgan fingerprint density at radius 1 is 1.32 bits per heavy atom. The van der Waals surface area contributed by atoms with Crippen molar-refractivity contribution in [2.24, 2.45) is 0 Å². The van der Waals surface area contributed by atoms with Gasteiger partial charge in [0.15, 0.2) is 0 Å². The number of carbonyl (C=O) groups is 2. The molecule has 0 bridgehead atoms. The van der Waals surface area contributed by atoms with Crippen molar-refractivity contribution in [3.05, 3.63) is 34.3 Å². The molecule has 0 aliphatic heterocycles. The fourth-order valence-electron chi connectivity index (χ4n) is 1.63. The van der Waals surface area contributed by atoms with Crippen LogP contribution >= 0.6 is 15.9 Å². The molecule has 0 radical (unpaired) electrons. The summed E-state index contributed by atoms with van der Waals surface area (Å²) >= 11 is 3.33. The first-order valence-corrected chi connectivity index (χ1v) is 6.61. The van der Waals surface area contributed by atoms with Crippen LogP contribution in [0.5, 0.6) is 0 Å². The molecule has 0 aliphatic rings. The van der Waals surface area contributed by atoms with E-state index < -0.39 is 24.5 Å².